The van der Waals surface area contributed by atoms with Crippen molar-refractivity contribution in [3.63, 3.8) is 0 Å². The molecule has 0 fully saturated rings. The van der Waals surface area contributed by atoms with Crippen LogP contribution in [0.15, 0.2) is 30.3 Å². The van der Waals surface area contributed by atoms with Gasteiger partial charge in [-0.05, 0) is 43.9 Å². The van der Waals surface area contributed by atoms with E-state index in [1.54, 1.807) is 0 Å². The maximum absolute atomic E-state index is 10.4. The Morgan fingerprint density at radius 3 is 2.05 bits per heavy atom. The summed E-state index contributed by atoms with van der Waals surface area (Å²) in [5.41, 5.74) is 0.534. The van der Waals surface area contributed by atoms with Crippen LogP contribution in [-0.4, -0.2) is 10.7 Å². The zero-order chi connectivity index (χ0) is 16.8. The summed E-state index contributed by atoms with van der Waals surface area (Å²) in [6, 6.07) is 9.65. The van der Waals surface area contributed by atoms with Gasteiger partial charge in [-0.1, -0.05) is 65.0 Å². The van der Waals surface area contributed by atoms with Crippen LogP contribution in [0.25, 0.3) is 0 Å². The van der Waals surface area contributed by atoms with E-state index in [0.29, 0.717) is 17.8 Å². The van der Waals surface area contributed by atoms with E-state index in [1.165, 1.54) is 6.42 Å². The van der Waals surface area contributed by atoms with Gasteiger partial charge in [0.05, 0.1) is 5.60 Å². The summed E-state index contributed by atoms with van der Waals surface area (Å²) in [6.07, 6.45) is 2.28. The minimum Gasteiger partial charge on any atom is -0.364 e. The zero-order valence-electron chi connectivity index (χ0n) is 15.2. The Balaban J connectivity index is 2.78. The van der Waals surface area contributed by atoms with E-state index in [-0.39, 0.29) is 5.60 Å². The van der Waals surface area contributed by atoms with Gasteiger partial charge in [-0.2, -0.15) is 0 Å². The summed E-state index contributed by atoms with van der Waals surface area (Å²) in [7, 11) is 0. The number of aliphatic hydroxyl groups excluding tert-OH is 1. The molecule has 126 valence electrons. The first-order chi connectivity index (χ1) is 10.2. The zero-order valence-corrected chi connectivity index (χ0v) is 15.2. The number of aliphatic hydroxyl groups is 1. The Morgan fingerprint density at radius 1 is 0.955 bits per heavy atom. The minimum absolute atomic E-state index is 0.294. The molecule has 0 aliphatic rings. The number of rotatable bonds is 9. The summed E-state index contributed by atoms with van der Waals surface area (Å²) in [5.74, 6) is 1.82. The third-order valence-electron chi connectivity index (χ3n) is 3.97. The fraction of sp³-hybridized carbons (Fsp3) is 0.700. The molecule has 0 aliphatic heterocycles. The lowest BCUT2D eigenvalue weighted by Crippen LogP contribution is -2.34. The van der Waals surface area contributed by atoms with Crippen LogP contribution in [0.4, 0.5) is 0 Å². The molecule has 1 aromatic carbocycles. The summed E-state index contributed by atoms with van der Waals surface area (Å²) >= 11 is 0. The molecule has 3 atom stereocenters. The predicted molar refractivity (Wildman–Crippen MR) is 93.6 cm³/mol. The minimum atomic E-state index is -0.851. The van der Waals surface area contributed by atoms with Crippen molar-refractivity contribution in [2.75, 3.05) is 0 Å². The first kappa shape index (κ1) is 19.2. The van der Waals surface area contributed by atoms with Crippen molar-refractivity contribution in [3.8, 4) is 0 Å². The molecule has 0 radical (unpaired) electrons. The molecule has 1 N–H and O–H groups in total. The number of hydrogen-bond donors (Lipinski definition) is 1. The molecule has 22 heavy (non-hydrogen) atoms. The van der Waals surface area contributed by atoms with Crippen LogP contribution in [0.5, 0.6) is 0 Å². The number of hydrogen-bond acceptors (Lipinski definition) is 2. The maximum atomic E-state index is 10.4. The van der Waals surface area contributed by atoms with Gasteiger partial charge in [0.2, 0.25) is 0 Å². The van der Waals surface area contributed by atoms with Crippen molar-refractivity contribution in [2.45, 2.75) is 72.7 Å². The first-order valence-electron chi connectivity index (χ1n) is 8.62. The monoisotopic (exact) mass is 306 g/mol. The SMILES string of the molecule is CC(C)CC(C)CC(C)(CC(C)C)OC(O)c1ccccc1. The van der Waals surface area contributed by atoms with Crippen LogP contribution in [0.2, 0.25) is 0 Å². The van der Waals surface area contributed by atoms with Gasteiger partial charge in [0.1, 0.15) is 0 Å². The molecule has 2 heteroatoms. The molecule has 1 aromatic rings. The molecule has 0 amide bonds. The summed E-state index contributed by atoms with van der Waals surface area (Å²) < 4.78 is 6.14. The lowest BCUT2D eigenvalue weighted by Gasteiger charge is -2.36. The van der Waals surface area contributed by atoms with Crippen molar-refractivity contribution in [3.05, 3.63) is 35.9 Å². The van der Waals surface area contributed by atoms with E-state index in [9.17, 15) is 5.11 Å². The van der Waals surface area contributed by atoms with Crippen molar-refractivity contribution in [1.82, 2.24) is 0 Å². The van der Waals surface area contributed by atoms with Gasteiger partial charge in [-0.25, -0.2) is 0 Å². The van der Waals surface area contributed by atoms with Crippen LogP contribution in [0, 0.1) is 17.8 Å². The Hall–Kier alpha value is -0.860. The fourth-order valence-corrected chi connectivity index (χ4v) is 3.62. The number of benzene rings is 1. The molecule has 2 nitrogen and oxygen atoms in total. The van der Waals surface area contributed by atoms with Gasteiger partial charge < -0.3 is 9.84 Å². The molecule has 0 spiro atoms. The summed E-state index contributed by atoms with van der Waals surface area (Å²) in [5, 5.41) is 10.4. The molecule has 1 rings (SSSR count). The maximum Gasteiger partial charge on any atom is 0.181 e. The van der Waals surface area contributed by atoms with Gasteiger partial charge in [0.15, 0.2) is 6.29 Å². The van der Waals surface area contributed by atoms with Gasteiger partial charge in [0, 0.05) is 5.56 Å². The average molecular weight is 306 g/mol. The second-order valence-corrected chi connectivity index (χ2v) is 7.87. The first-order valence-corrected chi connectivity index (χ1v) is 8.62. The Morgan fingerprint density at radius 2 is 1.55 bits per heavy atom. The highest BCUT2D eigenvalue weighted by atomic mass is 16.6. The van der Waals surface area contributed by atoms with E-state index >= 15 is 0 Å². The molecule has 0 aromatic heterocycles. The number of ether oxygens (including phenoxy) is 1. The quantitative estimate of drug-likeness (QED) is 0.604. The van der Waals surface area contributed by atoms with Crippen LogP contribution >= 0.6 is 0 Å². The molecule has 0 heterocycles. The van der Waals surface area contributed by atoms with E-state index in [1.807, 2.05) is 30.3 Å². The van der Waals surface area contributed by atoms with E-state index in [0.717, 1.165) is 18.4 Å². The van der Waals surface area contributed by atoms with Crippen molar-refractivity contribution in [1.29, 1.82) is 0 Å². The third-order valence-corrected chi connectivity index (χ3v) is 3.97. The van der Waals surface area contributed by atoms with Crippen LogP contribution in [-0.2, 0) is 4.74 Å². The summed E-state index contributed by atoms with van der Waals surface area (Å²) in [6.45, 7) is 13.4. The second-order valence-electron chi connectivity index (χ2n) is 7.87. The Bertz CT molecular complexity index is 413. The highest BCUT2D eigenvalue weighted by Crippen LogP contribution is 2.34. The summed E-state index contributed by atoms with van der Waals surface area (Å²) in [4.78, 5) is 0. The van der Waals surface area contributed by atoms with E-state index in [2.05, 4.69) is 41.5 Å². The Kier molecular flexibility index (Phi) is 7.58. The predicted octanol–water partition coefficient (Wildman–Crippen LogP) is 5.57. The van der Waals surface area contributed by atoms with E-state index < -0.39 is 6.29 Å². The molecule has 0 aliphatic carbocycles. The fourth-order valence-electron chi connectivity index (χ4n) is 3.62. The van der Waals surface area contributed by atoms with Gasteiger partial charge in [-0.15, -0.1) is 0 Å². The van der Waals surface area contributed by atoms with Crippen molar-refractivity contribution >= 4 is 0 Å². The smallest absolute Gasteiger partial charge is 0.181 e. The van der Waals surface area contributed by atoms with Crippen LogP contribution in [0.1, 0.15) is 72.7 Å². The van der Waals surface area contributed by atoms with Gasteiger partial charge >= 0.3 is 0 Å². The van der Waals surface area contributed by atoms with E-state index in [4.69, 9.17) is 4.74 Å². The molecule has 0 bridgehead atoms. The van der Waals surface area contributed by atoms with Crippen LogP contribution in [0.3, 0.4) is 0 Å². The highest BCUT2D eigenvalue weighted by molar-refractivity contribution is 5.15. The standard InChI is InChI=1S/C20H34O2/c1-15(2)12-17(5)14-20(6,13-16(3)4)22-19(21)18-10-8-7-9-11-18/h7-11,15-17,19,21H,12-14H2,1-6H3. The Labute approximate surface area is 136 Å². The van der Waals surface area contributed by atoms with Crippen molar-refractivity contribution < 1.29 is 9.84 Å². The largest absolute Gasteiger partial charge is 0.364 e. The lowest BCUT2D eigenvalue weighted by atomic mass is 9.83. The van der Waals surface area contributed by atoms with Gasteiger partial charge in [-0.3, -0.25) is 0 Å². The second kappa shape index (κ2) is 8.69. The van der Waals surface area contributed by atoms with Crippen molar-refractivity contribution in [2.24, 2.45) is 17.8 Å². The topological polar surface area (TPSA) is 29.5 Å². The molecular formula is C20H34O2. The van der Waals surface area contributed by atoms with Gasteiger partial charge in [0.25, 0.3) is 0 Å². The highest BCUT2D eigenvalue weighted by Gasteiger charge is 2.31. The average Bonchev–Trinajstić information content (AvgIpc) is 2.36. The lowest BCUT2D eigenvalue weighted by molar-refractivity contribution is -0.195. The van der Waals surface area contributed by atoms with Crippen LogP contribution < -0.4 is 0 Å². The molecule has 3 unspecified atom stereocenters. The normalized spacial score (nSPS) is 17.5. The molecule has 0 saturated carbocycles. The molecule has 0 saturated heterocycles. The third kappa shape index (κ3) is 6.93. The molecular weight excluding hydrogens is 272 g/mol.